The topological polar surface area (TPSA) is 4.93 Å². The summed E-state index contributed by atoms with van der Waals surface area (Å²) in [5, 5.41) is 0. The molecule has 0 aromatic carbocycles. The summed E-state index contributed by atoms with van der Waals surface area (Å²) in [6.45, 7) is 5.56. The van der Waals surface area contributed by atoms with Crippen LogP contribution in [0.4, 0.5) is 8.78 Å². The van der Waals surface area contributed by atoms with Crippen LogP contribution in [0.25, 0.3) is 0 Å². The summed E-state index contributed by atoms with van der Waals surface area (Å²) in [5.74, 6) is -1.51. The molecule has 0 saturated heterocycles. The first kappa shape index (κ1) is 9.23. The maximum Gasteiger partial charge on any atom is 0.180 e. The van der Waals surface area contributed by atoms with Crippen LogP contribution in [-0.2, 0) is 12.5 Å². The summed E-state index contributed by atoms with van der Waals surface area (Å²) in [5.41, 5.74) is 0.0448. The molecule has 0 aliphatic rings. The summed E-state index contributed by atoms with van der Waals surface area (Å²) in [4.78, 5) is 0. The van der Waals surface area contributed by atoms with Gasteiger partial charge in [-0.3, -0.25) is 0 Å². The first-order chi connectivity index (χ1) is 5.34. The maximum absolute atomic E-state index is 13.1. The molecule has 0 amide bonds. The fourth-order valence-corrected chi connectivity index (χ4v) is 1.42. The first-order valence-corrected chi connectivity index (χ1v) is 3.85. The second kappa shape index (κ2) is 2.57. The molecule has 3 heteroatoms. The smallest absolute Gasteiger partial charge is 0.180 e. The predicted octanol–water partition coefficient (Wildman–Crippen LogP) is 2.60. The Hall–Kier alpha value is -0.860. The van der Waals surface area contributed by atoms with Crippen LogP contribution in [0.5, 0.6) is 0 Å². The molecule has 0 N–H and O–H groups in total. The van der Waals surface area contributed by atoms with Gasteiger partial charge < -0.3 is 4.57 Å². The molecule has 0 radical (unpaired) electrons. The summed E-state index contributed by atoms with van der Waals surface area (Å²) in [6, 6.07) is 0. The summed E-state index contributed by atoms with van der Waals surface area (Å²) in [7, 11) is 1.65. The number of halogens is 2. The van der Waals surface area contributed by atoms with Crippen molar-refractivity contribution in [1.29, 1.82) is 0 Å². The second-order valence-electron chi connectivity index (χ2n) is 4.00. The lowest BCUT2D eigenvalue weighted by Gasteiger charge is -2.19. The average Bonchev–Trinajstić information content (AvgIpc) is 2.05. The zero-order chi connectivity index (χ0) is 9.52. The van der Waals surface area contributed by atoms with Crippen molar-refractivity contribution in [2.75, 3.05) is 0 Å². The van der Waals surface area contributed by atoms with Crippen molar-refractivity contribution in [3.8, 4) is 0 Å². The zero-order valence-corrected chi connectivity index (χ0v) is 7.78. The third-order valence-corrected chi connectivity index (χ3v) is 1.79. The molecule has 1 nitrogen and oxygen atoms in total. The van der Waals surface area contributed by atoms with E-state index in [1.165, 1.54) is 4.57 Å². The monoisotopic (exact) mass is 173 g/mol. The van der Waals surface area contributed by atoms with Gasteiger partial charge in [0.05, 0.1) is 5.69 Å². The van der Waals surface area contributed by atoms with Gasteiger partial charge in [0.25, 0.3) is 0 Å². The lowest BCUT2D eigenvalue weighted by atomic mass is 9.92. The highest BCUT2D eigenvalue weighted by Crippen LogP contribution is 2.26. The van der Waals surface area contributed by atoms with Gasteiger partial charge in [0.1, 0.15) is 0 Å². The van der Waals surface area contributed by atoms with Crippen molar-refractivity contribution in [2.45, 2.75) is 26.2 Å². The minimum absolute atomic E-state index is 0.358. The number of rotatable bonds is 0. The molecule has 0 atom stereocenters. The normalized spacial score (nSPS) is 12.2. The van der Waals surface area contributed by atoms with Gasteiger partial charge in [-0.25, -0.2) is 8.78 Å². The van der Waals surface area contributed by atoms with Gasteiger partial charge >= 0.3 is 0 Å². The van der Waals surface area contributed by atoms with Crippen molar-refractivity contribution < 1.29 is 8.78 Å². The Morgan fingerprint density at radius 1 is 1.25 bits per heavy atom. The molecule has 1 heterocycles. The fraction of sp³-hybridized carbons (Fsp3) is 0.556. The van der Waals surface area contributed by atoms with E-state index >= 15 is 0 Å². The molecular weight excluding hydrogens is 160 g/mol. The minimum atomic E-state index is -0.776. The molecule has 68 valence electrons. The van der Waals surface area contributed by atoms with E-state index in [0.29, 0.717) is 5.69 Å². The summed E-state index contributed by atoms with van der Waals surface area (Å²) >= 11 is 0. The van der Waals surface area contributed by atoms with Crippen LogP contribution in [0.2, 0.25) is 0 Å². The lowest BCUT2D eigenvalue weighted by Crippen LogP contribution is -2.17. The van der Waals surface area contributed by atoms with E-state index in [2.05, 4.69) is 0 Å². The van der Waals surface area contributed by atoms with Gasteiger partial charge in [-0.15, -0.1) is 0 Å². The largest absolute Gasteiger partial charge is 0.349 e. The highest BCUT2D eigenvalue weighted by atomic mass is 19.2. The van der Waals surface area contributed by atoms with E-state index in [-0.39, 0.29) is 5.41 Å². The molecule has 12 heavy (non-hydrogen) atoms. The van der Waals surface area contributed by atoms with Crippen LogP contribution in [0.3, 0.4) is 0 Å². The van der Waals surface area contributed by atoms with Crippen molar-refractivity contribution in [3.05, 3.63) is 23.5 Å². The van der Waals surface area contributed by atoms with E-state index < -0.39 is 11.6 Å². The van der Waals surface area contributed by atoms with E-state index in [9.17, 15) is 8.78 Å². The van der Waals surface area contributed by atoms with Crippen LogP contribution >= 0.6 is 0 Å². The molecule has 0 saturated carbocycles. The Kier molecular flexibility index (Phi) is 1.98. The fourth-order valence-electron chi connectivity index (χ4n) is 1.42. The summed E-state index contributed by atoms with van der Waals surface area (Å²) in [6.07, 6.45) is 1.16. The van der Waals surface area contributed by atoms with Gasteiger partial charge in [0, 0.05) is 18.7 Å². The van der Waals surface area contributed by atoms with Crippen LogP contribution in [0.1, 0.15) is 26.5 Å². The molecule has 0 fully saturated rings. The minimum Gasteiger partial charge on any atom is -0.349 e. The van der Waals surface area contributed by atoms with Gasteiger partial charge in [-0.1, -0.05) is 20.8 Å². The number of aromatic nitrogens is 1. The highest BCUT2D eigenvalue weighted by Gasteiger charge is 2.24. The third kappa shape index (κ3) is 1.36. The van der Waals surface area contributed by atoms with Crippen LogP contribution in [-0.4, -0.2) is 4.57 Å². The third-order valence-electron chi connectivity index (χ3n) is 1.79. The number of hydrogen-bond acceptors (Lipinski definition) is 0. The van der Waals surface area contributed by atoms with E-state index in [1.807, 2.05) is 20.8 Å². The van der Waals surface area contributed by atoms with Crippen LogP contribution in [0.15, 0.2) is 6.20 Å². The van der Waals surface area contributed by atoms with E-state index in [0.717, 1.165) is 6.20 Å². The average molecular weight is 173 g/mol. The zero-order valence-electron chi connectivity index (χ0n) is 7.78. The van der Waals surface area contributed by atoms with Crippen molar-refractivity contribution >= 4 is 0 Å². The molecule has 0 unspecified atom stereocenters. The molecular formula is C9H13F2N. The molecule has 0 aliphatic heterocycles. The first-order valence-electron chi connectivity index (χ1n) is 3.85. The Bertz CT molecular complexity index is 294. The summed E-state index contributed by atoms with van der Waals surface area (Å²) < 4.78 is 27.3. The van der Waals surface area contributed by atoms with Crippen molar-refractivity contribution in [2.24, 2.45) is 7.05 Å². The van der Waals surface area contributed by atoms with Gasteiger partial charge in [0.15, 0.2) is 11.6 Å². The number of aryl methyl sites for hydroxylation is 1. The van der Waals surface area contributed by atoms with E-state index in [4.69, 9.17) is 0 Å². The van der Waals surface area contributed by atoms with E-state index in [1.54, 1.807) is 7.05 Å². The van der Waals surface area contributed by atoms with Crippen molar-refractivity contribution in [1.82, 2.24) is 4.57 Å². The van der Waals surface area contributed by atoms with Gasteiger partial charge in [-0.2, -0.15) is 0 Å². The van der Waals surface area contributed by atoms with Gasteiger partial charge in [-0.05, 0) is 0 Å². The molecule has 1 aromatic rings. The Labute approximate surface area is 71.0 Å². The number of nitrogens with zero attached hydrogens (tertiary/aromatic N) is 1. The standard InChI is InChI=1S/C9H13F2N/c1-9(2,3)8-7(11)6(10)5-12(8)4/h5H,1-4H3. The SMILES string of the molecule is Cn1cc(F)c(F)c1C(C)(C)C. The van der Waals surface area contributed by atoms with Crippen LogP contribution in [0, 0.1) is 11.6 Å². The number of hydrogen-bond donors (Lipinski definition) is 0. The Morgan fingerprint density at radius 2 is 1.75 bits per heavy atom. The quantitative estimate of drug-likeness (QED) is 0.568. The molecule has 0 bridgehead atoms. The predicted molar refractivity (Wildman–Crippen MR) is 44.0 cm³/mol. The molecule has 1 aromatic heterocycles. The Balaban J connectivity index is 3.32. The maximum atomic E-state index is 13.1. The van der Waals surface area contributed by atoms with Crippen LogP contribution < -0.4 is 0 Å². The highest BCUT2D eigenvalue weighted by molar-refractivity contribution is 5.19. The Morgan fingerprint density at radius 3 is 1.92 bits per heavy atom. The van der Waals surface area contributed by atoms with Crippen molar-refractivity contribution in [3.63, 3.8) is 0 Å². The lowest BCUT2D eigenvalue weighted by molar-refractivity contribution is 0.464. The molecule has 0 aliphatic carbocycles. The molecule has 0 spiro atoms. The molecule has 1 rings (SSSR count). The van der Waals surface area contributed by atoms with Gasteiger partial charge in [0.2, 0.25) is 0 Å². The second-order valence-corrected chi connectivity index (χ2v) is 4.00.